The third-order valence-corrected chi connectivity index (χ3v) is 5.38. The van der Waals surface area contributed by atoms with Gasteiger partial charge in [0, 0.05) is 50.0 Å². The number of carbonyl (C=O) groups excluding carboxylic acids is 2. The Morgan fingerprint density at radius 2 is 1.41 bits per heavy atom. The van der Waals surface area contributed by atoms with E-state index in [0.717, 1.165) is 4.90 Å². The average Bonchev–Trinajstić information content (AvgIpc) is 2.85. The molecule has 39 heavy (non-hydrogen) atoms. The second-order valence-corrected chi connectivity index (χ2v) is 11.0. The molecule has 1 unspecified atom stereocenters. The van der Waals surface area contributed by atoms with E-state index < -0.39 is 29.4 Å². The van der Waals surface area contributed by atoms with Crippen LogP contribution in [0.3, 0.4) is 0 Å². The lowest BCUT2D eigenvalue weighted by atomic mass is 10.2. The van der Waals surface area contributed by atoms with Crippen molar-refractivity contribution in [3.63, 3.8) is 0 Å². The molecule has 1 atom stereocenters. The van der Waals surface area contributed by atoms with Crippen molar-refractivity contribution >= 4 is 30.1 Å². The van der Waals surface area contributed by atoms with Crippen molar-refractivity contribution in [2.75, 3.05) is 36.0 Å². The van der Waals surface area contributed by atoms with Crippen molar-refractivity contribution in [3.05, 3.63) is 35.9 Å². The molecule has 0 radical (unpaired) electrons. The SMILES string of the molecule is CC(C)(C)OC(=O)N(Cc1cnc(N2CCN(c3ncc(C(=O)O)cn3)C(CO)C2)nc1)C(=O)OC(C)(C)C. The maximum Gasteiger partial charge on any atom is 0.420 e. The number of carbonyl (C=O) groups is 3. The number of piperazine rings is 1. The van der Waals surface area contributed by atoms with Gasteiger partial charge in [-0.05, 0) is 41.5 Å². The minimum Gasteiger partial charge on any atom is -0.478 e. The molecule has 2 aromatic heterocycles. The van der Waals surface area contributed by atoms with Crippen molar-refractivity contribution < 1.29 is 34.1 Å². The molecule has 14 nitrogen and oxygen atoms in total. The van der Waals surface area contributed by atoms with Crippen LogP contribution in [0.25, 0.3) is 0 Å². The van der Waals surface area contributed by atoms with Crippen LogP contribution in [0.5, 0.6) is 0 Å². The van der Waals surface area contributed by atoms with Gasteiger partial charge in [0.05, 0.1) is 24.8 Å². The first-order chi connectivity index (χ1) is 18.2. The number of anilines is 2. The van der Waals surface area contributed by atoms with Gasteiger partial charge in [-0.15, -0.1) is 0 Å². The van der Waals surface area contributed by atoms with E-state index in [1.165, 1.54) is 24.8 Å². The Balaban J connectivity index is 1.71. The molecular weight excluding hydrogens is 510 g/mol. The Kier molecular flexibility index (Phi) is 8.89. The number of imide groups is 1. The molecule has 1 aliphatic rings. The summed E-state index contributed by atoms with van der Waals surface area (Å²) in [4.78, 5) is 58.2. The van der Waals surface area contributed by atoms with Crippen LogP contribution in [0.2, 0.25) is 0 Å². The smallest absolute Gasteiger partial charge is 0.420 e. The fourth-order valence-corrected chi connectivity index (χ4v) is 3.65. The van der Waals surface area contributed by atoms with Gasteiger partial charge >= 0.3 is 18.2 Å². The first-order valence-electron chi connectivity index (χ1n) is 12.4. The van der Waals surface area contributed by atoms with Gasteiger partial charge in [-0.25, -0.2) is 39.2 Å². The highest BCUT2D eigenvalue weighted by atomic mass is 16.6. The minimum absolute atomic E-state index is 0.0247. The van der Waals surface area contributed by atoms with Crippen LogP contribution in [-0.4, -0.2) is 96.7 Å². The zero-order valence-electron chi connectivity index (χ0n) is 23.0. The van der Waals surface area contributed by atoms with E-state index in [4.69, 9.17) is 14.6 Å². The molecule has 0 saturated carbocycles. The van der Waals surface area contributed by atoms with Gasteiger partial charge in [-0.1, -0.05) is 0 Å². The standard InChI is InChI=1S/C25H35N7O7/c1-24(2,3)38-22(36)32(23(37)39-25(4,5)6)13-16-9-26-20(27-10-16)30-7-8-31(18(14-30)15-33)21-28-11-17(12-29-21)19(34)35/h9-12,18,33H,7-8,13-15H2,1-6H3,(H,34,35). The van der Waals surface area contributed by atoms with E-state index in [-0.39, 0.29) is 24.8 Å². The van der Waals surface area contributed by atoms with Crippen LogP contribution in [0.1, 0.15) is 57.5 Å². The number of amides is 2. The molecule has 1 fully saturated rings. The number of hydrogen-bond donors (Lipinski definition) is 2. The summed E-state index contributed by atoms with van der Waals surface area (Å²) in [5.41, 5.74) is -1.16. The predicted molar refractivity (Wildman–Crippen MR) is 139 cm³/mol. The molecule has 212 valence electrons. The second kappa shape index (κ2) is 11.8. The molecule has 1 aliphatic heterocycles. The fraction of sp³-hybridized carbons (Fsp3) is 0.560. The van der Waals surface area contributed by atoms with Gasteiger partial charge in [-0.2, -0.15) is 0 Å². The summed E-state index contributed by atoms with van der Waals surface area (Å²) in [6.07, 6.45) is 3.79. The lowest BCUT2D eigenvalue weighted by Gasteiger charge is -2.40. The number of ether oxygens (including phenoxy) is 2. The van der Waals surface area contributed by atoms with E-state index in [1.54, 1.807) is 46.4 Å². The molecule has 0 bridgehead atoms. The molecular formula is C25H35N7O7. The van der Waals surface area contributed by atoms with Crippen LogP contribution in [0, 0.1) is 0 Å². The molecule has 2 N–H and O–H groups in total. The van der Waals surface area contributed by atoms with Crippen LogP contribution in [-0.2, 0) is 16.0 Å². The number of aliphatic hydroxyl groups excluding tert-OH is 1. The summed E-state index contributed by atoms with van der Waals surface area (Å²) in [6.45, 7) is 11.1. The molecule has 3 rings (SSSR count). The molecule has 2 aromatic rings. The third kappa shape index (κ3) is 8.21. The summed E-state index contributed by atoms with van der Waals surface area (Å²) in [5.74, 6) is -0.398. The largest absolute Gasteiger partial charge is 0.478 e. The van der Waals surface area contributed by atoms with E-state index in [9.17, 15) is 19.5 Å². The van der Waals surface area contributed by atoms with Crippen molar-refractivity contribution in [2.24, 2.45) is 0 Å². The molecule has 1 saturated heterocycles. The fourth-order valence-electron chi connectivity index (χ4n) is 3.65. The number of nitrogens with zero attached hydrogens (tertiary/aromatic N) is 7. The first kappa shape index (κ1) is 29.5. The van der Waals surface area contributed by atoms with Gasteiger partial charge < -0.3 is 29.5 Å². The van der Waals surface area contributed by atoms with Crippen LogP contribution < -0.4 is 9.80 Å². The lowest BCUT2D eigenvalue weighted by molar-refractivity contribution is -0.000310. The number of aromatic nitrogens is 4. The highest BCUT2D eigenvalue weighted by molar-refractivity contribution is 5.88. The third-order valence-electron chi connectivity index (χ3n) is 5.38. The zero-order valence-corrected chi connectivity index (χ0v) is 23.0. The topological polar surface area (TPSA) is 171 Å². The van der Waals surface area contributed by atoms with Gasteiger partial charge in [0.1, 0.15) is 11.2 Å². The summed E-state index contributed by atoms with van der Waals surface area (Å²) in [6, 6.07) is -0.382. The number of carboxylic acids is 1. The number of hydrogen-bond acceptors (Lipinski definition) is 12. The van der Waals surface area contributed by atoms with E-state index >= 15 is 0 Å². The van der Waals surface area contributed by atoms with Crippen molar-refractivity contribution in [1.29, 1.82) is 0 Å². The Morgan fingerprint density at radius 1 is 0.897 bits per heavy atom. The van der Waals surface area contributed by atoms with Gasteiger partial charge in [0.2, 0.25) is 11.9 Å². The Labute approximate surface area is 226 Å². The van der Waals surface area contributed by atoms with Gasteiger partial charge in [0.15, 0.2) is 0 Å². The Hall–Kier alpha value is -4.07. The normalized spacial score (nSPS) is 16.0. The summed E-state index contributed by atoms with van der Waals surface area (Å²) in [7, 11) is 0. The van der Waals surface area contributed by atoms with Crippen molar-refractivity contribution in [2.45, 2.75) is 65.3 Å². The Bertz CT molecular complexity index is 1130. The van der Waals surface area contributed by atoms with E-state index in [2.05, 4.69) is 19.9 Å². The average molecular weight is 546 g/mol. The molecule has 0 aromatic carbocycles. The van der Waals surface area contributed by atoms with E-state index in [1.807, 2.05) is 4.90 Å². The minimum atomic E-state index is -1.12. The van der Waals surface area contributed by atoms with Gasteiger partial charge in [-0.3, -0.25) is 0 Å². The first-order valence-corrected chi connectivity index (χ1v) is 12.4. The molecule has 2 amide bonds. The maximum atomic E-state index is 12.8. The number of aliphatic hydroxyl groups is 1. The highest BCUT2D eigenvalue weighted by Gasteiger charge is 2.32. The summed E-state index contributed by atoms with van der Waals surface area (Å²) in [5, 5.41) is 19.0. The Morgan fingerprint density at radius 3 is 1.87 bits per heavy atom. The molecule has 3 heterocycles. The van der Waals surface area contributed by atoms with Crippen LogP contribution >= 0.6 is 0 Å². The zero-order chi connectivity index (χ0) is 29.0. The molecule has 0 spiro atoms. The predicted octanol–water partition coefficient (Wildman–Crippen LogP) is 2.32. The monoisotopic (exact) mass is 545 g/mol. The number of aromatic carboxylic acids is 1. The number of carboxylic acid groups (broad SMARTS) is 1. The van der Waals surface area contributed by atoms with Crippen molar-refractivity contribution in [1.82, 2.24) is 24.8 Å². The van der Waals surface area contributed by atoms with Gasteiger partial charge in [0.25, 0.3) is 0 Å². The highest BCUT2D eigenvalue weighted by Crippen LogP contribution is 2.21. The quantitative estimate of drug-likeness (QED) is 0.542. The summed E-state index contributed by atoms with van der Waals surface area (Å²) < 4.78 is 10.8. The van der Waals surface area contributed by atoms with E-state index in [0.29, 0.717) is 37.1 Å². The maximum absolute atomic E-state index is 12.8. The summed E-state index contributed by atoms with van der Waals surface area (Å²) >= 11 is 0. The van der Waals surface area contributed by atoms with Crippen LogP contribution in [0.15, 0.2) is 24.8 Å². The second-order valence-electron chi connectivity index (χ2n) is 11.0. The molecule has 14 heteroatoms. The van der Waals surface area contributed by atoms with Crippen LogP contribution in [0.4, 0.5) is 21.5 Å². The number of rotatable bonds is 6. The molecule has 0 aliphatic carbocycles. The van der Waals surface area contributed by atoms with Crippen molar-refractivity contribution in [3.8, 4) is 0 Å². The lowest BCUT2D eigenvalue weighted by Crippen LogP contribution is -2.56.